The molecule has 0 aliphatic carbocycles. The first-order valence-electron chi connectivity index (χ1n) is 3.86. The van der Waals surface area contributed by atoms with E-state index in [-0.39, 0.29) is 0 Å². The van der Waals surface area contributed by atoms with Gasteiger partial charge in [0.05, 0.1) is 0 Å². The van der Waals surface area contributed by atoms with E-state index in [4.69, 9.17) is 29.6 Å². The van der Waals surface area contributed by atoms with Crippen LogP contribution in [0, 0.1) is 12.3 Å². The number of halogens is 2. The highest BCUT2D eigenvalue weighted by Gasteiger charge is 2.02. The van der Waals surface area contributed by atoms with Crippen molar-refractivity contribution in [3.8, 4) is 12.3 Å². The monoisotopic (exact) mass is 205 g/mol. The van der Waals surface area contributed by atoms with Gasteiger partial charge in [-0.25, -0.2) is 0 Å². The molecule has 0 rings (SSSR count). The Morgan fingerprint density at radius 2 is 2.42 bits per heavy atom. The smallest absolute Gasteiger partial charge is 0.0432 e. The van der Waals surface area contributed by atoms with E-state index in [1.165, 1.54) is 5.54 Å². The summed E-state index contributed by atoms with van der Waals surface area (Å²) < 4.78 is 0. The molecule has 0 saturated heterocycles. The highest BCUT2D eigenvalue weighted by atomic mass is 35.5. The van der Waals surface area contributed by atoms with Crippen molar-refractivity contribution in [2.75, 3.05) is 6.54 Å². The highest BCUT2D eigenvalue weighted by molar-refractivity contribution is 6.36. The van der Waals surface area contributed by atoms with Crippen LogP contribution in [-0.4, -0.2) is 12.6 Å². The van der Waals surface area contributed by atoms with E-state index in [2.05, 4.69) is 18.2 Å². The van der Waals surface area contributed by atoms with Crippen LogP contribution < -0.4 is 5.32 Å². The van der Waals surface area contributed by atoms with Gasteiger partial charge in [0.15, 0.2) is 0 Å². The molecular weight excluding hydrogens is 193 g/mol. The van der Waals surface area contributed by atoms with Crippen LogP contribution in [0.2, 0.25) is 0 Å². The number of nitrogens with one attached hydrogen (secondary N) is 1. The van der Waals surface area contributed by atoms with Gasteiger partial charge in [-0.2, -0.15) is 0 Å². The first kappa shape index (κ1) is 11.8. The predicted octanol–water partition coefficient (Wildman–Crippen LogP) is 2.70. The molecule has 1 unspecified atom stereocenters. The Kier molecular flexibility index (Phi) is 7.39. The molecule has 1 atom stereocenters. The van der Waals surface area contributed by atoms with Gasteiger partial charge in [-0.05, 0) is 6.42 Å². The van der Waals surface area contributed by atoms with Gasteiger partial charge in [-0.1, -0.05) is 30.1 Å². The Bertz CT molecular complexity index is 181. The van der Waals surface area contributed by atoms with Crippen LogP contribution in [0.4, 0.5) is 0 Å². The summed E-state index contributed by atoms with van der Waals surface area (Å²) in [5, 5.41) is 3.80. The van der Waals surface area contributed by atoms with Crippen LogP contribution in [-0.2, 0) is 0 Å². The van der Waals surface area contributed by atoms with Crippen LogP contribution in [0.15, 0.2) is 10.6 Å². The second-order valence-corrected chi connectivity index (χ2v) is 3.15. The Morgan fingerprint density at radius 3 is 2.83 bits per heavy atom. The van der Waals surface area contributed by atoms with Crippen molar-refractivity contribution in [3.05, 3.63) is 10.6 Å². The van der Waals surface area contributed by atoms with Crippen LogP contribution in [0.25, 0.3) is 0 Å². The Balaban J connectivity index is 3.66. The van der Waals surface area contributed by atoms with E-state index in [0.717, 1.165) is 12.8 Å². The first-order chi connectivity index (χ1) is 5.74. The molecule has 0 aromatic carbocycles. The maximum atomic E-state index is 5.68. The Labute approximate surface area is 84.1 Å². The topological polar surface area (TPSA) is 12.0 Å². The van der Waals surface area contributed by atoms with Gasteiger partial charge >= 0.3 is 0 Å². The second kappa shape index (κ2) is 7.49. The standard InChI is InChI=1S/C9H13Cl2N/c1-3-5-9(4-2)12-7-8(11)6-10/h1,6,9,12H,4-5,7H2,2H3. The van der Waals surface area contributed by atoms with Gasteiger partial charge in [0.1, 0.15) is 0 Å². The molecule has 0 aliphatic heterocycles. The maximum absolute atomic E-state index is 5.68. The fourth-order valence-corrected chi connectivity index (χ4v) is 0.938. The average molecular weight is 206 g/mol. The third-order valence-corrected chi connectivity index (χ3v) is 2.15. The van der Waals surface area contributed by atoms with Crippen molar-refractivity contribution in [2.45, 2.75) is 25.8 Å². The van der Waals surface area contributed by atoms with Crippen LogP contribution in [0.5, 0.6) is 0 Å². The molecule has 0 aliphatic rings. The van der Waals surface area contributed by atoms with Crippen molar-refractivity contribution in [2.24, 2.45) is 0 Å². The van der Waals surface area contributed by atoms with Crippen molar-refractivity contribution in [3.63, 3.8) is 0 Å². The SMILES string of the molecule is C#CCC(CC)NCC(Cl)=CCl. The van der Waals surface area contributed by atoms with Crippen molar-refractivity contribution in [1.82, 2.24) is 5.32 Å². The molecular formula is C9H13Cl2N. The molecule has 0 aromatic rings. The molecule has 1 nitrogen and oxygen atoms in total. The summed E-state index contributed by atoms with van der Waals surface area (Å²) in [6.45, 7) is 2.67. The lowest BCUT2D eigenvalue weighted by atomic mass is 10.1. The van der Waals surface area contributed by atoms with E-state index in [9.17, 15) is 0 Å². The largest absolute Gasteiger partial charge is 0.308 e. The minimum Gasteiger partial charge on any atom is -0.308 e. The summed E-state index contributed by atoms with van der Waals surface area (Å²) in [7, 11) is 0. The van der Waals surface area contributed by atoms with Crippen molar-refractivity contribution < 1.29 is 0 Å². The zero-order valence-electron chi connectivity index (χ0n) is 7.11. The fourth-order valence-electron chi connectivity index (χ4n) is 0.784. The lowest BCUT2D eigenvalue weighted by Gasteiger charge is -2.12. The fraction of sp³-hybridized carbons (Fsp3) is 0.556. The van der Waals surface area contributed by atoms with Crippen LogP contribution in [0.1, 0.15) is 19.8 Å². The summed E-state index contributed by atoms with van der Waals surface area (Å²) in [5.41, 5.74) is 1.36. The molecule has 3 heteroatoms. The van der Waals surface area contributed by atoms with Crippen molar-refractivity contribution >= 4 is 23.2 Å². The summed E-state index contributed by atoms with van der Waals surface area (Å²) in [4.78, 5) is 0. The summed E-state index contributed by atoms with van der Waals surface area (Å²) in [6, 6.07) is 0.334. The third-order valence-electron chi connectivity index (χ3n) is 1.54. The lowest BCUT2D eigenvalue weighted by Crippen LogP contribution is -2.28. The molecule has 0 radical (unpaired) electrons. The lowest BCUT2D eigenvalue weighted by molar-refractivity contribution is 0.534. The normalized spacial score (nSPS) is 14.0. The second-order valence-electron chi connectivity index (χ2n) is 2.45. The number of hydrogen-bond acceptors (Lipinski definition) is 1. The summed E-state index contributed by atoms with van der Waals surface area (Å²) in [6.07, 6.45) is 6.90. The average Bonchev–Trinajstić information content (AvgIpc) is 2.11. The van der Waals surface area contributed by atoms with Gasteiger partial charge in [0.2, 0.25) is 0 Å². The molecule has 68 valence electrons. The minimum absolute atomic E-state index is 0.334. The molecule has 0 saturated carbocycles. The van der Waals surface area contributed by atoms with Gasteiger partial charge in [0.25, 0.3) is 0 Å². The maximum Gasteiger partial charge on any atom is 0.0432 e. The van der Waals surface area contributed by atoms with Gasteiger partial charge in [0, 0.05) is 29.6 Å². The number of hydrogen-bond donors (Lipinski definition) is 1. The molecule has 0 fully saturated rings. The van der Waals surface area contributed by atoms with Crippen LogP contribution >= 0.6 is 23.2 Å². The molecule has 0 spiro atoms. The molecule has 0 bridgehead atoms. The molecule has 0 amide bonds. The molecule has 0 heterocycles. The van der Waals surface area contributed by atoms with Gasteiger partial charge < -0.3 is 5.32 Å². The molecule has 1 N–H and O–H groups in total. The zero-order valence-corrected chi connectivity index (χ0v) is 8.62. The van der Waals surface area contributed by atoms with Gasteiger partial charge in [-0.15, -0.1) is 12.3 Å². The Morgan fingerprint density at radius 1 is 1.75 bits per heavy atom. The van der Waals surface area contributed by atoms with E-state index >= 15 is 0 Å². The highest BCUT2D eigenvalue weighted by Crippen LogP contribution is 2.03. The number of terminal acetylenes is 1. The van der Waals surface area contributed by atoms with E-state index in [1.54, 1.807) is 0 Å². The van der Waals surface area contributed by atoms with Crippen LogP contribution in [0.3, 0.4) is 0 Å². The molecule has 0 aromatic heterocycles. The van der Waals surface area contributed by atoms with E-state index in [1.807, 2.05) is 0 Å². The van der Waals surface area contributed by atoms with E-state index in [0.29, 0.717) is 17.6 Å². The minimum atomic E-state index is 0.334. The summed E-state index contributed by atoms with van der Waals surface area (Å²) in [5.74, 6) is 2.60. The quantitative estimate of drug-likeness (QED) is 0.682. The predicted molar refractivity (Wildman–Crippen MR) is 55.3 cm³/mol. The summed E-state index contributed by atoms with van der Waals surface area (Å²) >= 11 is 11.1. The van der Waals surface area contributed by atoms with Crippen molar-refractivity contribution in [1.29, 1.82) is 0 Å². The zero-order chi connectivity index (χ0) is 9.40. The third kappa shape index (κ3) is 5.49. The van der Waals surface area contributed by atoms with Gasteiger partial charge in [-0.3, -0.25) is 0 Å². The first-order valence-corrected chi connectivity index (χ1v) is 4.67. The Hall–Kier alpha value is -0.160. The van der Waals surface area contributed by atoms with E-state index < -0.39 is 0 Å². The number of rotatable bonds is 5. The molecule has 12 heavy (non-hydrogen) atoms.